The Labute approximate surface area is 129 Å². The van der Waals surface area contributed by atoms with E-state index >= 15 is 0 Å². The van der Waals surface area contributed by atoms with Crippen LogP contribution in [-0.2, 0) is 6.54 Å². The average molecular weight is 294 g/mol. The van der Waals surface area contributed by atoms with Crippen LogP contribution in [0.3, 0.4) is 0 Å². The standard InChI is InChI=1S/C17H18N4O/c18-10-13-4-3-9-21(12-13)17(22)20-11-14-7-8-19-16-6-2-1-5-15(14)16/h1-2,5-8,13H,3-4,9,11-12H2,(H,20,22)/t13-/m0/s1. The molecule has 0 saturated carbocycles. The van der Waals surface area contributed by atoms with Crippen LogP contribution in [0.25, 0.3) is 10.9 Å². The lowest BCUT2D eigenvalue weighted by atomic mass is 10.0. The molecule has 2 aromatic rings. The minimum atomic E-state index is -0.0964. The second kappa shape index (κ2) is 6.44. The van der Waals surface area contributed by atoms with E-state index in [9.17, 15) is 4.79 Å². The molecule has 5 nitrogen and oxygen atoms in total. The minimum absolute atomic E-state index is 0.0405. The molecule has 0 radical (unpaired) electrons. The number of hydrogen-bond donors (Lipinski definition) is 1. The molecule has 0 aliphatic carbocycles. The molecule has 2 amide bonds. The molecule has 1 aliphatic heterocycles. The van der Waals surface area contributed by atoms with Crippen LogP contribution in [0.15, 0.2) is 36.5 Å². The fourth-order valence-corrected chi connectivity index (χ4v) is 2.86. The van der Waals surface area contributed by atoms with Crippen molar-refractivity contribution in [3.63, 3.8) is 0 Å². The zero-order valence-corrected chi connectivity index (χ0v) is 12.3. The quantitative estimate of drug-likeness (QED) is 0.925. The average Bonchev–Trinajstić information content (AvgIpc) is 2.59. The SMILES string of the molecule is N#C[C@@H]1CCCN(C(=O)NCc2ccnc3ccccc23)C1. The fourth-order valence-electron chi connectivity index (χ4n) is 2.86. The first-order chi connectivity index (χ1) is 10.8. The van der Waals surface area contributed by atoms with E-state index in [1.807, 2.05) is 30.3 Å². The van der Waals surface area contributed by atoms with Gasteiger partial charge in [-0.2, -0.15) is 5.26 Å². The number of nitrogens with one attached hydrogen (secondary N) is 1. The Morgan fingerprint density at radius 2 is 2.27 bits per heavy atom. The van der Waals surface area contributed by atoms with Crippen LogP contribution in [0, 0.1) is 17.2 Å². The molecule has 1 fully saturated rings. The van der Waals surface area contributed by atoms with Gasteiger partial charge in [0.05, 0.1) is 17.5 Å². The van der Waals surface area contributed by atoms with Gasteiger partial charge >= 0.3 is 6.03 Å². The normalized spacial score (nSPS) is 18.0. The van der Waals surface area contributed by atoms with Crippen LogP contribution < -0.4 is 5.32 Å². The van der Waals surface area contributed by atoms with E-state index in [1.165, 1.54) is 0 Å². The van der Waals surface area contributed by atoms with Crippen molar-refractivity contribution in [1.29, 1.82) is 5.26 Å². The molecule has 0 unspecified atom stereocenters. The van der Waals surface area contributed by atoms with Crippen molar-refractivity contribution in [2.24, 2.45) is 5.92 Å². The monoisotopic (exact) mass is 294 g/mol. The third kappa shape index (κ3) is 3.01. The summed E-state index contributed by atoms with van der Waals surface area (Å²) in [5.74, 6) is -0.0405. The van der Waals surface area contributed by atoms with Crippen molar-refractivity contribution in [1.82, 2.24) is 15.2 Å². The van der Waals surface area contributed by atoms with Crippen molar-refractivity contribution in [3.05, 3.63) is 42.1 Å². The van der Waals surface area contributed by atoms with Crippen molar-refractivity contribution >= 4 is 16.9 Å². The molecular formula is C17H18N4O. The molecule has 2 heterocycles. The highest BCUT2D eigenvalue weighted by molar-refractivity contribution is 5.82. The summed E-state index contributed by atoms with van der Waals surface area (Å²) in [4.78, 5) is 18.3. The lowest BCUT2D eigenvalue weighted by Gasteiger charge is -2.29. The molecule has 1 N–H and O–H groups in total. The van der Waals surface area contributed by atoms with Crippen LogP contribution in [0.4, 0.5) is 4.79 Å². The van der Waals surface area contributed by atoms with Crippen LogP contribution in [0.5, 0.6) is 0 Å². The second-order valence-corrected chi connectivity index (χ2v) is 5.56. The molecule has 1 aromatic carbocycles. The molecule has 112 valence electrons. The summed E-state index contributed by atoms with van der Waals surface area (Å²) in [6.07, 6.45) is 3.54. The topological polar surface area (TPSA) is 69.0 Å². The number of pyridine rings is 1. The number of likely N-dealkylation sites (tertiary alicyclic amines) is 1. The summed E-state index contributed by atoms with van der Waals surface area (Å²) in [5, 5.41) is 13.0. The largest absolute Gasteiger partial charge is 0.334 e. The Kier molecular flexibility index (Phi) is 4.19. The number of nitriles is 1. The van der Waals surface area contributed by atoms with Gasteiger partial charge in [-0.15, -0.1) is 0 Å². The number of piperidine rings is 1. The maximum absolute atomic E-state index is 12.3. The summed E-state index contributed by atoms with van der Waals surface area (Å²) in [6.45, 7) is 1.72. The lowest BCUT2D eigenvalue weighted by molar-refractivity contribution is 0.176. The Balaban J connectivity index is 1.66. The molecule has 0 spiro atoms. The third-order valence-corrected chi connectivity index (χ3v) is 4.06. The molecule has 1 aromatic heterocycles. The van der Waals surface area contributed by atoms with Crippen molar-refractivity contribution in [2.45, 2.75) is 19.4 Å². The molecule has 3 rings (SSSR count). The van der Waals surface area contributed by atoms with Crippen molar-refractivity contribution in [2.75, 3.05) is 13.1 Å². The number of aromatic nitrogens is 1. The number of para-hydroxylation sites is 1. The first-order valence-corrected chi connectivity index (χ1v) is 7.53. The Bertz CT molecular complexity index is 717. The molecule has 5 heteroatoms. The van der Waals surface area contributed by atoms with Gasteiger partial charge in [0.2, 0.25) is 0 Å². The van der Waals surface area contributed by atoms with Crippen molar-refractivity contribution < 1.29 is 4.79 Å². The molecule has 1 saturated heterocycles. The summed E-state index contributed by atoms with van der Waals surface area (Å²) < 4.78 is 0. The zero-order chi connectivity index (χ0) is 15.4. The smallest absolute Gasteiger partial charge is 0.317 e. The van der Waals surface area contributed by atoms with E-state index in [4.69, 9.17) is 5.26 Å². The summed E-state index contributed by atoms with van der Waals surface area (Å²) in [5.41, 5.74) is 1.98. The number of nitrogens with zero attached hydrogens (tertiary/aromatic N) is 3. The maximum Gasteiger partial charge on any atom is 0.317 e. The third-order valence-electron chi connectivity index (χ3n) is 4.06. The van der Waals surface area contributed by atoms with E-state index in [0.29, 0.717) is 13.1 Å². The number of urea groups is 1. The summed E-state index contributed by atoms with van der Waals surface area (Å²) in [7, 11) is 0. The van der Waals surface area contributed by atoms with E-state index < -0.39 is 0 Å². The number of hydrogen-bond acceptors (Lipinski definition) is 3. The minimum Gasteiger partial charge on any atom is -0.334 e. The number of rotatable bonds is 2. The van der Waals surface area contributed by atoms with Crippen molar-refractivity contribution in [3.8, 4) is 6.07 Å². The van der Waals surface area contributed by atoms with E-state index in [2.05, 4.69) is 16.4 Å². The van der Waals surface area contributed by atoms with Gasteiger partial charge in [0.25, 0.3) is 0 Å². The van der Waals surface area contributed by atoms with Gasteiger partial charge in [-0.25, -0.2) is 4.79 Å². The Morgan fingerprint density at radius 1 is 1.41 bits per heavy atom. The van der Waals surface area contributed by atoms with Gasteiger partial charge in [0.15, 0.2) is 0 Å². The zero-order valence-electron chi connectivity index (χ0n) is 12.3. The first kappa shape index (κ1) is 14.3. The number of fused-ring (bicyclic) bond motifs is 1. The maximum atomic E-state index is 12.3. The van der Waals surface area contributed by atoms with Gasteiger partial charge in [0, 0.05) is 31.2 Å². The number of benzene rings is 1. The van der Waals surface area contributed by atoms with Gasteiger partial charge in [-0.1, -0.05) is 18.2 Å². The van der Waals surface area contributed by atoms with Crippen LogP contribution in [0.2, 0.25) is 0 Å². The molecule has 22 heavy (non-hydrogen) atoms. The summed E-state index contributed by atoms with van der Waals surface area (Å²) in [6, 6.07) is 12.0. The number of amides is 2. The van der Waals surface area contributed by atoms with E-state index in [1.54, 1.807) is 11.1 Å². The van der Waals surface area contributed by atoms with Crippen LogP contribution in [-0.4, -0.2) is 29.0 Å². The predicted molar refractivity (Wildman–Crippen MR) is 83.9 cm³/mol. The van der Waals surface area contributed by atoms with E-state index in [0.717, 1.165) is 35.9 Å². The molecule has 1 atom stereocenters. The molecular weight excluding hydrogens is 276 g/mol. The lowest BCUT2D eigenvalue weighted by Crippen LogP contribution is -2.45. The first-order valence-electron chi connectivity index (χ1n) is 7.53. The van der Waals surface area contributed by atoms with Gasteiger partial charge in [-0.05, 0) is 30.5 Å². The van der Waals surface area contributed by atoms with Crippen LogP contribution >= 0.6 is 0 Å². The van der Waals surface area contributed by atoms with E-state index in [-0.39, 0.29) is 11.9 Å². The molecule has 1 aliphatic rings. The highest BCUT2D eigenvalue weighted by Crippen LogP contribution is 2.17. The van der Waals surface area contributed by atoms with Gasteiger partial charge in [-0.3, -0.25) is 4.98 Å². The number of carbonyl (C=O) groups excluding carboxylic acids is 1. The summed E-state index contributed by atoms with van der Waals surface area (Å²) >= 11 is 0. The number of carbonyl (C=O) groups is 1. The molecule has 0 bridgehead atoms. The fraction of sp³-hybridized carbons (Fsp3) is 0.353. The Morgan fingerprint density at radius 3 is 3.14 bits per heavy atom. The highest BCUT2D eigenvalue weighted by Gasteiger charge is 2.23. The van der Waals surface area contributed by atoms with Gasteiger partial charge < -0.3 is 10.2 Å². The predicted octanol–water partition coefficient (Wildman–Crippen LogP) is 2.68. The van der Waals surface area contributed by atoms with Crippen LogP contribution in [0.1, 0.15) is 18.4 Å². The Hall–Kier alpha value is -2.61. The van der Waals surface area contributed by atoms with Gasteiger partial charge in [0.1, 0.15) is 0 Å². The highest BCUT2D eigenvalue weighted by atomic mass is 16.2. The second-order valence-electron chi connectivity index (χ2n) is 5.56.